The van der Waals surface area contributed by atoms with Crippen LogP contribution in [0.4, 0.5) is 5.82 Å². The molecule has 3 aromatic rings. The third-order valence-corrected chi connectivity index (χ3v) is 3.96. The van der Waals surface area contributed by atoms with Gasteiger partial charge < -0.3 is 15.0 Å². The molecule has 0 aliphatic rings. The summed E-state index contributed by atoms with van der Waals surface area (Å²) < 4.78 is 5.42. The van der Waals surface area contributed by atoms with E-state index in [-0.39, 0.29) is 5.56 Å². The van der Waals surface area contributed by atoms with Gasteiger partial charge in [0.15, 0.2) is 0 Å². The summed E-state index contributed by atoms with van der Waals surface area (Å²) in [5.74, 6) is 1.40. The maximum absolute atomic E-state index is 12.1. The molecule has 6 heteroatoms. The number of hydrogen-bond acceptors (Lipinski definition) is 5. The number of aryl methyl sites for hydroxylation is 1. The Kier molecular flexibility index (Phi) is 3.73. The van der Waals surface area contributed by atoms with Gasteiger partial charge in [0.2, 0.25) is 0 Å². The Hall–Kier alpha value is -2.89. The molecule has 1 aromatic carbocycles. The first-order valence-corrected chi connectivity index (χ1v) is 7.27. The first kappa shape index (κ1) is 15.0. The number of nitrogens with zero attached hydrogens (tertiary/aromatic N) is 2. The average molecular weight is 310 g/mol. The molecule has 0 aliphatic heterocycles. The van der Waals surface area contributed by atoms with Crippen LogP contribution >= 0.6 is 0 Å². The monoisotopic (exact) mass is 310 g/mol. The molecule has 0 saturated heterocycles. The van der Waals surface area contributed by atoms with E-state index in [0.717, 1.165) is 22.4 Å². The summed E-state index contributed by atoms with van der Waals surface area (Å²) in [5.41, 5.74) is 4.01. The summed E-state index contributed by atoms with van der Waals surface area (Å²) >= 11 is 0. The molecule has 0 atom stereocenters. The number of ether oxygens (including phenoxy) is 1. The largest absolute Gasteiger partial charge is 0.496 e. The zero-order chi connectivity index (χ0) is 16.6. The van der Waals surface area contributed by atoms with Crippen LogP contribution in [0.15, 0.2) is 29.3 Å². The van der Waals surface area contributed by atoms with E-state index in [2.05, 4.69) is 20.3 Å². The quantitative estimate of drug-likeness (QED) is 0.777. The third-order valence-electron chi connectivity index (χ3n) is 3.96. The lowest BCUT2D eigenvalue weighted by molar-refractivity contribution is 0.412. The number of benzene rings is 1. The fourth-order valence-corrected chi connectivity index (χ4v) is 2.79. The second-order valence-corrected chi connectivity index (χ2v) is 5.32. The number of aromatic amines is 1. The zero-order valence-electron chi connectivity index (χ0n) is 13.5. The van der Waals surface area contributed by atoms with E-state index in [1.54, 1.807) is 20.2 Å². The van der Waals surface area contributed by atoms with Crippen LogP contribution in [0.25, 0.3) is 22.2 Å². The fourth-order valence-electron chi connectivity index (χ4n) is 2.79. The second-order valence-electron chi connectivity index (χ2n) is 5.32. The van der Waals surface area contributed by atoms with Crippen molar-refractivity contribution in [1.82, 2.24) is 15.0 Å². The molecular weight excluding hydrogens is 292 g/mol. The molecule has 2 aromatic heterocycles. The molecule has 0 radical (unpaired) electrons. The molecule has 2 N–H and O–H groups in total. The van der Waals surface area contributed by atoms with E-state index >= 15 is 0 Å². The lowest BCUT2D eigenvalue weighted by Gasteiger charge is -2.15. The van der Waals surface area contributed by atoms with Gasteiger partial charge in [-0.2, -0.15) is 0 Å². The summed E-state index contributed by atoms with van der Waals surface area (Å²) in [6.45, 7) is 3.99. The number of H-pyrrole nitrogens is 1. The predicted octanol–water partition coefficient (Wildman–Crippen LogP) is 2.65. The van der Waals surface area contributed by atoms with Crippen molar-refractivity contribution < 1.29 is 4.74 Å². The van der Waals surface area contributed by atoms with E-state index in [0.29, 0.717) is 22.4 Å². The van der Waals surface area contributed by atoms with Crippen LogP contribution in [0, 0.1) is 13.8 Å². The van der Waals surface area contributed by atoms with Crippen molar-refractivity contribution in [3.63, 3.8) is 0 Å². The van der Waals surface area contributed by atoms with E-state index in [4.69, 9.17) is 4.74 Å². The Balaban J connectivity index is 2.46. The van der Waals surface area contributed by atoms with Gasteiger partial charge in [0.25, 0.3) is 5.56 Å². The smallest absolute Gasteiger partial charge is 0.258 e. The lowest BCUT2D eigenvalue weighted by atomic mass is 9.97. The Morgan fingerprint density at radius 3 is 2.74 bits per heavy atom. The van der Waals surface area contributed by atoms with E-state index in [1.165, 1.54) is 6.33 Å². The van der Waals surface area contributed by atoms with Gasteiger partial charge in [-0.1, -0.05) is 6.07 Å². The third kappa shape index (κ3) is 2.42. The maximum atomic E-state index is 12.1. The molecule has 0 fully saturated rings. The first-order chi connectivity index (χ1) is 11.1. The van der Waals surface area contributed by atoms with Crippen LogP contribution in [-0.2, 0) is 0 Å². The zero-order valence-corrected chi connectivity index (χ0v) is 13.5. The number of aromatic nitrogens is 3. The fraction of sp³-hybridized carbons (Fsp3) is 0.235. The average Bonchev–Trinajstić information content (AvgIpc) is 2.55. The van der Waals surface area contributed by atoms with E-state index in [1.807, 2.05) is 26.0 Å². The van der Waals surface area contributed by atoms with Crippen molar-refractivity contribution >= 4 is 16.7 Å². The Morgan fingerprint density at radius 1 is 1.26 bits per heavy atom. The maximum Gasteiger partial charge on any atom is 0.258 e. The highest BCUT2D eigenvalue weighted by atomic mass is 16.5. The van der Waals surface area contributed by atoms with Crippen LogP contribution < -0.4 is 15.6 Å². The Bertz CT molecular complexity index is 947. The first-order valence-electron chi connectivity index (χ1n) is 7.27. The molecule has 0 saturated carbocycles. The summed E-state index contributed by atoms with van der Waals surface area (Å²) in [6.07, 6.45) is 1.40. The van der Waals surface area contributed by atoms with Crippen molar-refractivity contribution in [2.75, 3.05) is 19.5 Å². The van der Waals surface area contributed by atoms with Gasteiger partial charge in [0.05, 0.1) is 24.5 Å². The topological polar surface area (TPSA) is 79.9 Å². The minimum Gasteiger partial charge on any atom is -0.496 e. The van der Waals surface area contributed by atoms with E-state index < -0.39 is 0 Å². The molecule has 2 heterocycles. The Morgan fingerprint density at radius 2 is 2.04 bits per heavy atom. The number of anilines is 1. The molecule has 0 spiro atoms. The Labute approximate surface area is 133 Å². The number of rotatable bonds is 3. The van der Waals surface area contributed by atoms with Crippen LogP contribution in [0.1, 0.15) is 11.1 Å². The normalized spacial score (nSPS) is 10.8. The summed E-state index contributed by atoms with van der Waals surface area (Å²) in [5, 5.41) is 3.50. The van der Waals surface area contributed by atoms with Crippen LogP contribution in [0.2, 0.25) is 0 Å². The molecule has 0 bridgehead atoms. The predicted molar refractivity (Wildman–Crippen MR) is 91.2 cm³/mol. The number of nitrogens with one attached hydrogen (secondary N) is 2. The van der Waals surface area contributed by atoms with Crippen molar-refractivity contribution in [2.45, 2.75) is 13.8 Å². The number of fused-ring (bicyclic) bond motifs is 1. The highest BCUT2D eigenvalue weighted by molar-refractivity contribution is 5.94. The number of methoxy groups -OCH3 is 1. The van der Waals surface area contributed by atoms with E-state index in [9.17, 15) is 4.79 Å². The molecule has 6 nitrogen and oxygen atoms in total. The highest BCUT2D eigenvalue weighted by Gasteiger charge is 2.17. The molecule has 118 valence electrons. The molecule has 0 aliphatic carbocycles. The van der Waals surface area contributed by atoms with Gasteiger partial charge in [0, 0.05) is 18.2 Å². The van der Waals surface area contributed by atoms with Gasteiger partial charge in [0.1, 0.15) is 17.1 Å². The van der Waals surface area contributed by atoms with Gasteiger partial charge in [-0.05, 0) is 31.5 Å². The minimum atomic E-state index is -0.187. The second kappa shape index (κ2) is 5.72. The molecule has 0 unspecified atom stereocenters. The lowest BCUT2D eigenvalue weighted by Crippen LogP contribution is -2.09. The minimum absolute atomic E-state index is 0.187. The molecule has 3 rings (SSSR count). The van der Waals surface area contributed by atoms with Crippen molar-refractivity contribution in [1.29, 1.82) is 0 Å². The van der Waals surface area contributed by atoms with Crippen LogP contribution in [0.5, 0.6) is 5.75 Å². The van der Waals surface area contributed by atoms with Crippen molar-refractivity contribution in [3.8, 4) is 17.0 Å². The number of hydrogen-bond donors (Lipinski definition) is 2. The number of pyridine rings is 1. The molecular formula is C17H18N4O2. The van der Waals surface area contributed by atoms with Crippen molar-refractivity contribution in [3.05, 3.63) is 46.0 Å². The SMILES string of the molecule is CNc1cc2c(=O)[nH]cnc2c(-c2c(C)ccc(OC)c2C)n1. The van der Waals surface area contributed by atoms with Crippen LogP contribution in [0.3, 0.4) is 0 Å². The standard InChI is InChI=1S/C17H18N4O2/c1-9-5-6-12(23-4)10(2)14(9)16-15-11(7-13(18-3)21-16)17(22)20-8-19-15/h5-8H,1-4H3,(H,18,21)(H,19,20,22). The summed E-state index contributed by atoms with van der Waals surface area (Å²) in [6, 6.07) is 5.61. The van der Waals surface area contributed by atoms with Gasteiger partial charge in [-0.25, -0.2) is 9.97 Å². The van der Waals surface area contributed by atoms with Gasteiger partial charge in [-0.3, -0.25) is 4.79 Å². The summed E-state index contributed by atoms with van der Waals surface area (Å²) in [4.78, 5) is 23.7. The molecule has 23 heavy (non-hydrogen) atoms. The van der Waals surface area contributed by atoms with Crippen molar-refractivity contribution in [2.24, 2.45) is 0 Å². The highest BCUT2D eigenvalue weighted by Crippen LogP contribution is 2.35. The van der Waals surface area contributed by atoms with Gasteiger partial charge in [-0.15, -0.1) is 0 Å². The molecule has 0 amide bonds. The van der Waals surface area contributed by atoms with Gasteiger partial charge >= 0.3 is 0 Å². The van der Waals surface area contributed by atoms with Crippen LogP contribution in [-0.4, -0.2) is 29.1 Å². The summed E-state index contributed by atoms with van der Waals surface area (Å²) in [7, 11) is 3.41.